The van der Waals surface area contributed by atoms with Gasteiger partial charge in [0.2, 0.25) is 5.91 Å². The molecule has 0 spiro atoms. The van der Waals surface area contributed by atoms with E-state index in [-0.39, 0.29) is 5.91 Å². The van der Waals surface area contributed by atoms with E-state index in [2.05, 4.69) is 15.0 Å². The van der Waals surface area contributed by atoms with Crippen LogP contribution in [0.15, 0.2) is 54.9 Å². The fraction of sp³-hybridized carbons (Fsp3) is 0.278. The first-order valence-corrected chi connectivity index (χ1v) is 7.76. The van der Waals surface area contributed by atoms with Crippen molar-refractivity contribution in [3.63, 3.8) is 0 Å². The van der Waals surface area contributed by atoms with Crippen molar-refractivity contribution in [2.45, 2.75) is 13.2 Å². The SMILES string of the molecule is O=C1CNCCN1Cc1cccnc1.O=COCc1ccccc1. The largest absolute Gasteiger partial charge is 0.463 e. The lowest BCUT2D eigenvalue weighted by Gasteiger charge is -2.27. The highest BCUT2D eigenvalue weighted by Crippen LogP contribution is 2.04. The molecule has 1 N–H and O–H groups in total. The fourth-order valence-electron chi connectivity index (χ4n) is 2.23. The summed E-state index contributed by atoms with van der Waals surface area (Å²) in [5, 5.41) is 3.04. The predicted octanol–water partition coefficient (Wildman–Crippen LogP) is 1.37. The topological polar surface area (TPSA) is 71.5 Å². The van der Waals surface area contributed by atoms with Crippen molar-refractivity contribution in [3.8, 4) is 0 Å². The number of nitrogens with one attached hydrogen (secondary N) is 1. The number of benzene rings is 1. The summed E-state index contributed by atoms with van der Waals surface area (Å²) in [7, 11) is 0. The monoisotopic (exact) mass is 327 g/mol. The third kappa shape index (κ3) is 6.18. The highest BCUT2D eigenvalue weighted by molar-refractivity contribution is 5.78. The molecule has 3 rings (SSSR count). The zero-order valence-electron chi connectivity index (χ0n) is 13.4. The lowest BCUT2D eigenvalue weighted by atomic mass is 10.2. The molecule has 1 fully saturated rings. The molecule has 0 saturated carbocycles. The molecule has 1 aliphatic heterocycles. The number of hydrogen-bond acceptors (Lipinski definition) is 5. The maximum Gasteiger partial charge on any atom is 0.293 e. The van der Waals surface area contributed by atoms with Crippen molar-refractivity contribution in [2.24, 2.45) is 0 Å². The van der Waals surface area contributed by atoms with Gasteiger partial charge in [0.15, 0.2) is 0 Å². The van der Waals surface area contributed by atoms with Gasteiger partial charge in [-0.15, -0.1) is 0 Å². The molecule has 1 aromatic carbocycles. The van der Waals surface area contributed by atoms with E-state index in [1.165, 1.54) is 0 Å². The lowest BCUT2D eigenvalue weighted by Crippen LogP contribution is -2.47. The van der Waals surface area contributed by atoms with E-state index < -0.39 is 0 Å². The number of carbonyl (C=O) groups excluding carboxylic acids is 2. The predicted molar refractivity (Wildman–Crippen MR) is 89.8 cm³/mol. The summed E-state index contributed by atoms with van der Waals surface area (Å²) in [6, 6.07) is 13.4. The normalized spacial score (nSPS) is 13.7. The summed E-state index contributed by atoms with van der Waals surface area (Å²) in [5.74, 6) is 0.167. The van der Waals surface area contributed by atoms with Gasteiger partial charge in [0.1, 0.15) is 6.61 Å². The molecule has 0 radical (unpaired) electrons. The molecule has 0 aliphatic carbocycles. The van der Waals surface area contributed by atoms with Crippen LogP contribution in [0.5, 0.6) is 0 Å². The number of hydrogen-bond donors (Lipinski definition) is 1. The van der Waals surface area contributed by atoms with Gasteiger partial charge in [-0.05, 0) is 17.2 Å². The zero-order chi connectivity index (χ0) is 17.0. The molecule has 6 nitrogen and oxygen atoms in total. The summed E-state index contributed by atoms with van der Waals surface area (Å²) >= 11 is 0. The molecule has 0 unspecified atom stereocenters. The maximum absolute atomic E-state index is 11.4. The molecule has 1 saturated heterocycles. The average Bonchev–Trinajstić information content (AvgIpc) is 2.64. The fourth-order valence-corrected chi connectivity index (χ4v) is 2.23. The van der Waals surface area contributed by atoms with Crippen molar-refractivity contribution in [1.29, 1.82) is 0 Å². The van der Waals surface area contributed by atoms with Crippen LogP contribution < -0.4 is 5.32 Å². The Morgan fingerprint density at radius 1 is 1.17 bits per heavy atom. The summed E-state index contributed by atoms with van der Waals surface area (Å²) in [6.45, 7) is 3.62. The van der Waals surface area contributed by atoms with Crippen molar-refractivity contribution in [2.75, 3.05) is 19.6 Å². The Labute approximate surface area is 141 Å². The summed E-state index contributed by atoms with van der Waals surface area (Å²) in [4.78, 5) is 27.1. The third-order valence-corrected chi connectivity index (χ3v) is 3.44. The van der Waals surface area contributed by atoms with Gasteiger partial charge in [-0.25, -0.2) is 0 Å². The minimum absolute atomic E-state index is 0.167. The third-order valence-electron chi connectivity index (χ3n) is 3.44. The minimum Gasteiger partial charge on any atom is -0.463 e. The van der Waals surface area contributed by atoms with Crippen molar-refractivity contribution < 1.29 is 14.3 Å². The van der Waals surface area contributed by atoms with E-state index in [1.54, 1.807) is 12.4 Å². The number of aromatic nitrogens is 1. The van der Waals surface area contributed by atoms with Gasteiger partial charge in [-0.1, -0.05) is 36.4 Å². The Hall–Kier alpha value is -2.73. The van der Waals surface area contributed by atoms with Crippen LogP contribution in [0.1, 0.15) is 11.1 Å². The number of pyridine rings is 1. The van der Waals surface area contributed by atoms with Crippen LogP contribution in [0.25, 0.3) is 0 Å². The molecule has 24 heavy (non-hydrogen) atoms. The molecule has 1 aromatic heterocycles. The second-order valence-electron chi connectivity index (χ2n) is 5.25. The lowest BCUT2D eigenvalue weighted by molar-refractivity contribution is -0.132. The molecule has 1 aliphatic rings. The van der Waals surface area contributed by atoms with E-state index >= 15 is 0 Å². The van der Waals surface area contributed by atoms with Crippen LogP contribution in [0, 0.1) is 0 Å². The maximum atomic E-state index is 11.4. The molecule has 6 heteroatoms. The smallest absolute Gasteiger partial charge is 0.293 e. The van der Waals surface area contributed by atoms with E-state index in [0.717, 1.165) is 24.2 Å². The standard InChI is InChI=1S/C10H13N3O.C8H8O2/c14-10-7-12-4-5-13(10)8-9-2-1-3-11-6-9;9-7-10-6-8-4-2-1-3-5-8/h1-3,6,12H,4-5,7-8H2;1-5,7H,6H2. The van der Waals surface area contributed by atoms with Crippen LogP contribution >= 0.6 is 0 Å². The number of carbonyl (C=O) groups is 2. The van der Waals surface area contributed by atoms with Crippen molar-refractivity contribution in [1.82, 2.24) is 15.2 Å². The number of nitrogens with zero attached hydrogens (tertiary/aromatic N) is 2. The quantitative estimate of drug-likeness (QED) is 0.840. The minimum atomic E-state index is 0.167. The molecule has 2 heterocycles. The van der Waals surface area contributed by atoms with Crippen molar-refractivity contribution in [3.05, 3.63) is 66.0 Å². The van der Waals surface area contributed by atoms with E-state index in [0.29, 0.717) is 26.2 Å². The highest BCUT2D eigenvalue weighted by atomic mass is 16.5. The van der Waals surface area contributed by atoms with Crippen molar-refractivity contribution >= 4 is 12.4 Å². The van der Waals surface area contributed by atoms with Gasteiger partial charge in [0.25, 0.3) is 6.47 Å². The number of rotatable bonds is 5. The molecule has 2 aromatic rings. The number of ether oxygens (including phenoxy) is 1. The Morgan fingerprint density at radius 3 is 2.62 bits per heavy atom. The number of amides is 1. The molecule has 0 bridgehead atoms. The number of piperazine rings is 1. The van der Waals surface area contributed by atoms with Gasteiger partial charge in [-0.3, -0.25) is 14.6 Å². The first-order valence-electron chi connectivity index (χ1n) is 7.76. The Balaban J connectivity index is 0.000000185. The summed E-state index contributed by atoms with van der Waals surface area (Å²) in [6.07, 6.45) is 3.54. The molecule has 1 amide bonds. The Kier molecular flexibility index (Phi) is 7.43. The zero-order valence-corrected chi connectivity index (χ0v) is 13.4. The van der Waals surface area contributed by atoms with Gasteiger partial charge < -0.3 is 15.0 Å². The second-order valence-corrected chi connectivity index (χ2v) is 5.25. The van der Waals surface area contributed by atoms with Crippen LogP contribution in [0.3, 0.4) is 0 Å². The van der Waals surface area contributed by atoms with Crippen LogP contribution in [0.4, 0.5) is 0 Å². The summed E-state index contributed by atoms with van der Waals surface area (Å²) in [5.41, 5.74) is 2.09. The average molecular weight is 327 g/mol. The first-order chi connectivity index (χ1) is 11.8. The van der Waals surface area contributed by atoms with Crippen LogP contribution in [-0.2, 0) is 27.5 Å². The molecular weight excluding hydrogens is 306 g/mol. The van der Waals surface area contributed by atoms with Gasteiger partial charge in [-0.2, -0.15) is 0 Å². The van der Waals surface area contributed by atoms with Gasteiger partial charge in [0, 0.05) is 32.0 Å². The Bertz CT molecular complexity index is 620. The van der Waals surface area contributed by atoms with Gasteiger partial charge in [0.05, 0.1) is 6.54 Å². The van der Waals surface area contributed by atoms with Crippen LogP contribution in [-0.4, -0.2) is 41.9 Å². The summed E-state index contributed by atoms with van der Waals surface area (Å²) < 4.78 is 4.54. The molecular formula is C18H21N3O3. The molecule has 0 atom stereocenters. The van der Waals surface area contributed by atoms with E-state index in [4.69, 9.17) is 0 Å². The van der Waals surface area contributed by atoms with Gasteiger partial charge >= 0.3 is 0 Å². The second kappa shape index (κ2) is 10.1. The highest BCUT2D eigenvalue weighted by Gasteiger charge is 2.17. The van der Waals surface area contributed by atoms with Crippen LogP contribution in [0.2, 0.25) is 0 Å². The molecule has 126 valence electrons. The van der Waals surface area contributed by atoms with E-state index in [1.807, 2.05) is 47.4 Å². The Morgan fingerprint density at radius 2 is 1.96 bits per heavy atom. The first kappa shape index (κ1) is 17.6. The van der Waals surface area contributed by atoms with E-state index in [9.17, 15) is 9.59 Å².